The summed E-state index contributed by atoms with van der Waals surface area (Å²) < 4.78 is 1.69. The summed E-state index contributed by atoms with van der Waals surface area (Å²) in [5, 5.41) is 13.8. The SMILES string of the molecule is OCc1cccc(-c2cnc3ccc(Cl)nn23)c1. The zero-order valence-corrected chi connectivity index (χ0v) is 10.2. The van der Waals surface area contributed by atoms with Crippen LogP contribution >= 0.6 is 11.6 Å². The van der Waals surface area contributed by atoms with Crippen molar-refractivity contribution < 1.29 is 5.11 Å². The van der Waals surface area contributed by atoms with Crippen LogP contribution in [-0.2, 0) is 6.61 Å². The monoisotopic (exact) mass is 259 g/mol. The molecule has 0 saturated carbocycles. The zero-order chi connectivity index (χ0) is 12.5. The van der Waals surface area contributed by atoms with Crippen LogP contribution in [0.15, 0.2) is 42.6 Å². The molecular weight excluding hydrogens is 250 g/mol. The van der Waals surface area contributed by atoms with Crippen LogP contribution in [0.1, 0.15) is 5.56 Å². The number of aliphatic hydroxyl groups is 1. The van der Waals surface area contributed by atoms with E-state index in [9.17, 15) is 0 Å². The number of hydrogen-bond acceptors (Lipinski definition) is 3. The molecule has 0 aliphatic carbocycles. The Labute approximate surface area is 108 Å². The molecule has 4 nitrogen and oxygen atoms in total. The molecule has 0 saturated heterocycles. The van der Waals surface area contributed by atoms with Crippen molar-refractivity contribution in [3.8, 4) is 11.3 Å². The van der Waals surface area contributed by atoms with E-state index in [1.807, 2.05) is 30.3 Å². The largest absolute Gasteiger partial charge is 0.392 e. The van der Waals surface area contributed by atoms with Gasteiger partial charge in [0.1, 0.15) is 5.15 Å². The Hall–Kier alpha value is -1.91. The molecule has 2 aromatic heterocycles. The average Bonchev–Trinajstić information content (AvgIpc) is 2.81. The van der Waals surface area contributed by atoms with Crippen LogP contribution < -0.4 is 0 Å². The molecule has 0 aliphatic heterocycles. The molecule has 90 valence electrons. The minimum atomic E-state index is 0.0127. The molecule has 3 rings (SSSR count). The first-order valence-electron chi connectivity index (χ1n) is 5.48. The predicted octanol–water partition coefficient (Wildman–Crippen LogP) is 2.54. The van der Waals surface area contributed by atoms with Crippen LogP contribution in [0.2, 0.25) is 5.15 Å². The maximum Gasteiger partial charge on any atom is 0.154 e. The van der Waals surface area contributed by atoms with E-state index >= 15 is 0 Å². The molecular formula is C13H10ClN3O. The lowest BCUT2D eigenvalue weighted by Gasteiger charge is -2.03. The van der Waals surface area contributed by atoms with Gasteiger partial charge in [-0.25, -0.2) is 9.50 Å². The standard InChI is InChI=1S/C13H10ClN3O/c14-12-4-5-13-15-7-11(17(13)16-12)10-3-1-2-9(6-10)8-18/h1-7,18H,8H2. The van der Waals surface area contributed by atoms with Crippen LogP contribution in [0.5, 0.6) is 0 Å². The van der Waals surface area contributed by atoms with Crippen molar-refractivity contribution in [2.24, 2.45) is 0 Å². The molecule has 1 N–H and O–H groups in total. The summed E-state index contributed by atoms with van der Waals surface area (Å²) in [5.41, 5.74) is 3.39. The van der Waals surface area contributed by atoms with Gasteiger partial charge in [-0.1, -0.05) is 29.8 Å². The number of rotatable bonds is 2. The molecule has 0 unspecified atom stereocenters. The van der Waals surface area contributed by atoms with Gasteiger partial charge in [-0.15, -0.1) is 0 Å². The summed E-state index contributed by atoms with van der Waals surface area (Å²) in [7, 11) is 0. The maximum absolute atomic E-state index is 9.16. The highest BCUT2D eigenvalue weighted by Crippen LogP contribution is 2.21. The van der Waals surface area contributed by atoms with Crippen LogP contribution in [0.25, 0.3) is 16.9 Å². The van der Waals surface area contributed by atoms with E-state index in [-0.39, 0.29) is 6.61 Å². The van der Waals surface area contributed by atoms with Crippen molar-refractivity contribution in [3.63, 3.8) is 0 Å². The first kappa shape index (κ1) is 11.2. The minimum absolute atomic E-state index is 0.0127. The van der Waals surface area contributed by atoms with Crippen LogP contribution in [0.3, 0.4) is 0 Å². The summed E-state index contributed by atoms with van der Waals surface area (Å²) in [5.74, 6) is 0. The number of benzene rings is 1. The quantitative estimate of drug-likeness (QED) is 0.769. The summed E-state index contributed by atoms with van der Waals surface area (Å²) in [6.45, 7) is 0.0127. The Bertz CT molecular complexity index is 708. The smallest absolute Gasteiger partial charge is 0.154 e. The van der Waals surface area contributed by atoms with Gasteiger partial charge in [-0.2, -0.15) is 5.10 Å². The van der Waals surface area contributed by atoms with Crippen molar-refractivity contribution in [1.82, 2.24) is 14.6 Å². The van der Waals surface area contributed by atoms with Gasteiger partial charge in [0.2, 0.25) is 0 Å². The molecule has 0 amide bonds. The summed E-state index contributed by atoms with van der Waals surface area (Å²) in [6, 6.07) is 11.1. The van der Waals surface area contributed by atoms with Crippen molar-refractivity contribution in [3.05, 3.63) is 53.3 Å². The molecule has 0 fully saturated rings. The summed E-state index contributed by atoms with van der Waals surface area (Å²) in [4.78, 5) is 4.27. The number of imidazole rings is 1. The van der Waals surface area contributed by atoms with E-state index in [2.05, 4.69) is 10.1 Å². The molecule has 5 heteroatoms. The topological polar surface area (TPSA) is 50.4 Å². The van der Waals surface area contributed by atoms with Gasteiger partial charge >= 0.3 is 0 Å². The first-order valence-corrected chi connectivity index (χ1v) is 5.86. The van der Waals surface area contributed by atoms with Crippen molar-refractivity contribution in [2.45, 2.75) is 6.61 Å². The number of hydrogen-bond donors (Lipinski definition) is 1. The molecule has 0 spiro atoms. The lowest BCUT2D eigenvalue weighted by molar-refractivity contribution is 0.282. The molecule has 0 aliphatic rings. The van der Waals surface area contributed by atoms with Crippen molar-refractivity contribution in [1.29, 1.82) is 0 Å². The Morgan fingerprint density at radius 3 is 2.94 bits per heavy atom. The van der Waals surface area contributed by atoms with Gasteiger partial charge in [0.15, 0.2) is 5.65 Å². The van der Waals surface area contributed by atoms with Gasteiger partial charge in [-0.05, 0) is 23.8 Å². The van der Waals surface area contributed by atoms with Crippen molar-refractivity contribution in [2.75, 3.05) is 0 Å². The van der Waals surface area contributed by atoms with Gasteiger partial charge < -0.3 is 5.11 Å². The molecule has 0 atom stereocenters. The average molecular weight is 260 g/mol. The highest BCUT2D eigenvalue weighted by atomic mass is 35.5. The molecule has 1 aromatic carbocycles. The first-order chi connectivity index (χ1) is 8.78. The third kappa shape index (κ3) is 1.85. The summed E-state index contributed by atoms with van der Waals surface area (Å²) >= 11 is 5.89. The number of fused-ring (bicyclic) bond motifs is 1. The Morgan fingerprint density at radius 2 is 2.11 bits per heavy atom. The molecule has 3 aromatic rings. The Balaban J connectivity index is 2.21. The minimum Gasteiger partial charge on any atom is -0.392 e. The second-order valence-electron chi connectivity index (χ2n) is 3.93. The Kier molecular flexibility index (Phi) is 2.74. The lowest BCUT2D eigenvalue weighted by atomic mass is 10.1. The maximum atomic E-state index is 9.16. The van der Waals surface area contributed by atoms with Crippen molar-refractivity contribution >= 4 is 17.2 Å². The van der Waals surface area contributed by atoms with Crippen LogP contribution in [0, 0.1) is 0 Å². The van der Waals surface area contributed by atoms with E-state index in [1.54, 1.807) is 16.8 Å². The number of nitrogens with zero attached hydrogens (tertiary/aromatic N) is 3. The van der Waals surface area contributed by atoms with E-state index in [0.717, 1.165) is 22.5 Å². The normalized spacial score (nSPS) is 11.0. The molecule has 0 radical (unpaired) electrons. The fourth-order valence-corrected chi connectivity index (χ4v) is 2.02. The van der Waals surface area contributed by atoms with Gasteiger partial charge in [0.25, 0.3) is 0 Å². The second-order valence-corrected chi connectivity index (χ2v) is 4.32. The van der Waals surface area contributed by atoms with Crippen LogP contribution in [0.4, 0.5) is 0 Å². The zero-order valence-electron chi connectivity index (χ0n) is 9.42. The molecule has 2 heterocycles. The third-order valence-electron chi connectivity index (χ3n) is 2.74. The predicted molar refractivity (Wildman–Crippen MR) is 69.4 cm³/mol. The highest BCUT2D eigenvalue weighted by Gasteiger charge is 2.07. The fraction of sp³-hybridized carbons (Fsp3) is 0.0769. The number of aromatic nitrogens is 3. The van der Waals surface area contributed by atoms with Gasteiger partial charge in [0, 0.05) is 5.56 Å². The highest BCUT2D eigenvalue weighted by molar-refractivity contribution is 6.29. The van der Waals surface area contributed by atoms with E-state index in [4.69, 9.17) is 16.7 Å². The number of halogens is 1. The van der Waals surface area contributed by atoms with E-state index in [0.29, 0.717) is 5.15 Å². The van der Waals surface area contributed by atoms with E-state index in [1.165, 1.54) is 0 Å². The number of aliphatic hydroxyl groups excluding tert-OH is 1. The van der Waals surface area contributed by atoms with Gasteiger partial charge in [-0.3, -0.25) is 0 Å². The van der Waals surface area contributed by atoms with E-state index < -0.39 is 0 Å². The third-order valence-corrected chi connectivity index (χ3v) is 2.94. The molecule has 0 bridgehead atoms. The summed E-state index contributed by atoms with van der Waals surface area (Å²) in [6.07, 6.45) is 1.75. The molecule has 18 heavy (non-hydrogen) atoms. The fourth-order valence-electron chi connectivity index (χ4n) is 1.88. The van der Waals surface area contributed by atoms with Crippen LogP contribution in [-0.4, -0.2) is 19.7 Å². The lowest BCUT2D eigenvalue weighted by Crippen LogP contribution is -1.94. The Morgan fingerprint density at radius 1 is 1.22 bits per heavy atom. The second kappa shape index (κ2) is 4.40. The van der Waals surface area contributed by atoms with Gasteiger partial charge in [0.05, 0.1) is 18.5 Å².